The van der Waals surface area contributed by atoms with E-state index in [1.54, 1.807) is 18.2 Å². The second kappa shape index (κ2) is 6.61. The number of para-hydroxylation sites is 1. The van der Waals surface area contributed by atoms with Gasteiger partial charge in [0.15, 0.2) is 0 Å². The zero-order chi connectivity index (χ0) is 17.2. The van der Waals surface area contributed by atoms with Crippen molar-refractivity contribution >= 4 is 29.2 Å². The third-order valence-corrected chi connectivity index (χ3v) is 5.32. The van der Waals surface area contributed by atoms with Gasteiger partial charge in [-0.25, -0.2) is 4.98 Å². The minimum Gasteiger partial charge on any atom is -0.497 e. The lowest BCUT2D eigenvalue weighted by Crippen LogP contribution is -2.23. The summed E-state index contributed by atoms with van der Waals surface area (Å²) in [6.45, 7) is 0. The van der Waals surface area contributed by atoms with Gasteiger partial charge in [-0.05, 0) is 42.5 Å². The Morgan fingerprint density at radius 1 is 1.00 bits per heavy atom. The van der Waals surface area contributed by atoms with E-state index in [1.165, 1.54) is 11.8 Å². The quantitative estimate of drug-likeness (QED) is 0.691. The van der Waals surface area contributed by atoms with Crippen molar-refractivity contribution in [3.63, 3.8) is 0 Å². The Bertz CT molecular complexity index is 897. The second-order valence-electron chi connectivity index (χ2n) is 5.60. The number of fused-ring (bicyclic) bond motifs is 1. The molecule has 5 heteroatoms. The van der Waals surface area contributed by atoms with Crippen LogP contribution in [0.1, 0.15) is 10.8 Å². The molecule has 4 nitrogen and oxygen atoms in total. The highest BCUT2D eigenvalue weighted by molar-refractivity contribution is 8.00. The average Bonchev–Trinajstić information content (AvgIpc) is 2.95. The molecule has 1 unspecified atom stereocenters. The van der Waals surface area contributed by atoms with Crippen LogP contribution in [0.2, 0.25) is 0 Å². The van der Waals surface area contributed by atoms with Crippen molar-refractivity contribution in [2.24, 2.45) is 0 Å². The predicted octanol–water partition coefficient (Wildman–Crippen LogP) is 4.60. The van der Waals surface area contributed by atoms with E-state index in [0.29, 0.717) is 5.82 Å². The van der Waals surface area contributed by atoms with Crippen LogP contribution in [-0.4, -0.2) is 18.0 Å². The molecule has 0 fully saturated rings. The lowest BCUT2D eigenvalue weighted by molar-refractivity contribution is -0.116. The number of pyridine rings is 1. The number of benzene rings is 2. The van der Waals surface area contributed by atoms with Gasteiger partial charge in [0.1, 0.15) is 16.8 Å². The van der Waals surface area contributed by atoms with E-state index in [0.717, 1.165) is 21.9 Å². The molecule has 0 saturated heterocycles. The van der Waals surface area contributed by atoms with Gasteiger partial charge in [-0.2, -0.15) is 0 Å². The van der Waals surface area contributed by atoms with Crippen LogP contribution in [0.4, 0.5) is 11.5 Å². The molecule has 4 rings (SSSR count). The molecule has 1 aromatic heterocycles. The van der Waals surface area contributed by atoms with Gasteiger partial charge in [0, 0.05) is 16.7 Å². The highest BCUT2D eigenvalue weighted by Crippen LogP contribution is 2.48. The number of carbonyl (C=O) groups excluding carboxylic acids is 1. The molecule has 0 saturated carbocycles. The lowest BCUT2D eigenvalue weighted by Gasteiger charge is -2.17. The van der Waals surface area contributed by atoms with Crippen molar-refractivity contribution in [2.75, 3.05) is 12.0 Å². The predicted molar refractivity (Wildman–Crippen MR) is 99.4 cm³/mol. The normalized spacial score (nSPS) is 16.0. The number of nitrogens with zero attached hydrogens (tertiary/aromatic N) is 2. The Kier molecular flexibility index (Phi) is 4.15. The SMILES string of the molecule is COc1ccc(SC2C(=O)N(c3ccccc3)c3ncccc32)cc1. The van der Waals surface area contributed by atoms with Crippen molar-refractivity contribution in [1.82, 2.24) is 4.98 Å². The van der Waals surface area contributed by atoms with E-state index >= 15 is 0 Å². The molecular weight excluding hydrogens is 332 g/mol. The van der Waals surface area contributed by atoms with Crippen molar-refractivity contribution in [1.29, 1.82) is 0 Å². The van der Waals surface area contributed by atoms with Gasteiger partial charge >= 0.3 is 0 Å². The third-order valence-electron chi connectivity index (χ3n) is 4.08. The van der Waals surface area contributed by atoms with Crippen molar-refractivity contribution < 1.29 is 9.53 Å². The van der Waals surface area contributed by atoms with Gasteiger partial charge in [-0.15, -0.1) is 11.8 Å². The Labute approximate surface area is 150 Å². The number of amides is 1. The summed E-state index contributed by atoms with van der Waals surface area (Å²) in [7, 11) is 1.64. The average molecular weight is 348 g/mol. The largest absolute Gasteiger partial charge is 0.497 e. The zero-order valence-electron chi connectivity index (χ0n) is 13.6. The summed E-state index contributed by atoms with van der Waals surface area (Å²) in [4.78, 5) is 20.3. The minimum atomic E-state index is -0.308. The Balaban J connectivity index is 1.70. The number of hydrogen-bond acceptors (Lipinski definition) is 4. The molecule has 25 heavy (non-hydrogen) atoms. The number of thioether (sulfide) groups is 1. The van der Waals surface area contributed by atoms with Crippen molar-refractivity contribution in [2.45, 2.75) is 10.1 Å². The van der Waals surface area contributed by atoms with Crippen LogP contribution in [0.5, 0.6) is 5.75 Å². The molecule has 3 aromatic rings. The van der Waals surface area contributed by atoms with E-state index < -0.39 is 0 Å². The number of hydrogen-bond donors (Lipinski definition) is 0. The molecule has 1 amide bonds. The van der Waals surface area contributed by atoms with E-state index in [9.17, 15) is 4.79 Å². The van der Waals surface area contributed by atoms with Crippen LogP contribution in [0.15, 0.2) is 77.8 Å². The zero-order valence-corrected chi connectivity index (χ0v) is 14.4. The maximum absolute atomic E-state index is 13.1. The lowest BCUT2D eigenvalue weighted by atomic mass is 10.2. The molecule has 0 spiro atoms. The molecule has 124 valence electrons. The van der Waals surface area contributed by atoms with Crippen LogP contribution >= 0.6 is 11.8 Å². The molecule has 0 N–H and O–H groups in total. The number of methoxy groups -OCH3 is 1. The van der Waals surface area contributed by atoms with Crippen molar-refractivity contribution in [3.05, 3.63) is 78.5 Å². The first kappa shape index (κ1) is 15.7. The number of aromatic nitrogens is 1. The van der Waals surface area contributed by atoms with E-state index in [-0.39, 0.29) is 11.2 Å². The minimum absolute atomic E-state index is 0.0284. The smallest absolute Gasteiger partial charge is 0.250 e. The fourth-order valence-corrected chi connectivity index (χ4v) is 3.97. The van der Waals surface area contributed by atoms with Gasteiger partial charge in [0.2, 0.25) is 0 Å². The summed E-state index contributed by atoms with van der Waals surface area (Å²) in [5.41, 5.74) is 1.78. The molecule has 1 aliphatic heterocycles. The molecule has 1 aliphatic rings. The number of anilines is 2. The summed E-state index contributed by atoms with van der Waals surface area (Å²) in [6, 6.07) is 21.2. The van der Waals surface area contributed by atoms with Crippen LogP contribution in [-0.2, 0) is 4.79 Å². The highest BCUT2D eigenvalue weighted by atomic mass is 32.2. The molecule has 2 heterocycles. The monoisotopic (exact) mass is 348 g/mol. The van der Waals surface area contributed by atoms with Gasteiger partial charge in [0.25, 0.3) is 5.91 Å². The first-order chi connectivity index (χ1) is 12.3. The van der Waals surface area contributed by atoms with Gasteiger partial charge < -0.3 is 4.74 Å². The van der Waals surface area contributed by atoms with Crippen LogP contribution in [0, 0.1) is 0 Å². The number of rotatable bonds is 4. The fraction of sp³-hybridized carbons (Fsp3) is 0.100. The number of ether oxygens (including phenoxy) is 1. The standard InChI is InChI=1S/C20H16N2O2S/c1-24-15-9-11-16(12-10-15)25-18-17-8-5-13-21-19(17)22(20(18)23)14-6-3-2-4-7-14/h2-13,18H,1H3. The second-order valence-corrected chi connectivity index (χ2v) is 6.78. The Morgan fingerprint density at radius 2 is 1.76 bits per heavy atom. The Morgan fingerprint density at radius 3 is 2.48 bits per heavy atom. The number of carbonyl (C=O) groups is 1. The topological polar surface area (TPSA) is 42.4 Å². The van der Waals surface area contributed by atoms with Gasteiger partial charge in [-0.3, -0.25) is 9.69 Å². The first-order valence-corrected chi connectivity index (χ1v) is 8.80. The van der Waals surface area contributed by atoms with Crippen LogP contribution in [0.25, 0.3) is 0 Å². The molecular formula is C20H16N2O2S. The van der Waals surface area contributed by atoms with Crippen LogP contribution < -0.4 is 9.64 Å². The van der Waals surface area contributed by atoms with E-state index in [4.69, 9.17) is 4.74 Å². The van der Waals surface area contributed by atoms with E-state index in [2.05, 4.69) is 4.98 Å². The molecule has 1 atom stereocenters. The molecule has 0 radical (unpaired) electrons. The third kappa shape index (κ3) is 2.87. The summed E-state index contributed by atoms with van der Waals surface area (Å²) >= 11 is 1.53. The van der Waals surface area contributed by atoms with Crippen molar-refractivity contribution in [3.8, 4) is 5.75 Å². The van der Waals surface area contributed by atoms with E-state index in [1.807, 2.05) is 66.7 Å². The van der Waals surface area contributed by atoms with Gasteiger partial charge in [-0.1, -0.05) is 24.3 Å². The highest BCUT2D eigenvalue weighted by Gasteiger charge is 2.39. The summed E-state index contributed by atoms with van der Waals surface area (Å²) in [5, 5.41) is -0.308. The summed E-state index contributed by atoms with van der Waals surface area (Å²) < 4.78 is 5.20. The maximum Gasteiger partial charge on any atom is 0.250 e. The summed E-state index contributed by atoms with van der Waals surface area (Å²) in [6.07, 6.45) is 1.72. The van der Waals surface area contributed by atoms with Crippen LogP contribution in [0.3, 0.4) is 0 Å². The summed E-state index contributed by atoms with van der Waals surface area (Å²) in [5.74, 6) is 1.54. The first-order valence-electron chi connectivity index (χ1n) is 7.92. The molecule has 0 aliphatic carbocycles. The van der Waals surface area contributed by atoms with Gasteiger partial charge in [0.05, 0.1) is 12.8 Å². The maximum atomic E-state index is 13.1. The fourth-order valence-electron chi connectivity index (χ4n) is 2.89. The molecule has 2 aromatic carbocycles. The molecule has 0 bridgehead atoms. The Hall–Kier alpha value is -2.79.